The SMILES string of the molecule is CS(=O)(=O)Oc1ccc(-c2cn3[nH]c(=O)ncc3n2)cc1. The number of rotatable bonds is 3. The second-order valence-electron chi connectivity index (χ2n) is 4.34. The van der Waals surface area contributed by atoms with Crippen molar-refractivity contribution in [3.63, 3.8) is 0 Å². The topological polar surface area (TPSA) is 106 Å². The molecule has 3 rings (SSSR count). The van der Waals surface area contributed by atoms with E-state index in [0.717, 1.165) is 11.8 Å². The highest BCUT2D eigenvalue weighted by molar-refractivity contribution is 7.86. The summed E-state index contributed by atoms with van der Waals surface area (Å²) in [5.41, 5.74) is 1.40. The molecule has 0 aliphatic heterocycles. The van der Waals surface area contributed by atoms with Crippen LogP contribution in [0.1, 0.15) is 0 Å². The summed E-state index contributed by atoms with van der Waals surface area (Å²) in [6.07, 6.45) is 3.99. The predicted octanol–water partition coefficient (Wildman–Crippen LogP) is 0.423. The molecular formula is C12H10N4O4S. The molecule has 1 aromatic carbocycles. The maximum Gasteiger partial charge on any atom is 0.360 e. The third-order valence-electron chi connectivity index (χ3n) is 2.64. The average Bonchev–Trinajstić information content (AvgIpc) is 2.80. The molecule has 0 bridgehead atoms. The molecule has 3 aromatic rings. The zero-order chi connectivity index (χ0) is 15.0. The number of hydrogen-bond donors (Lipinski definition) is 1. The molecule has 2 aromatic heterocycles. The second kappa shape index (κ2) is 4.70. The van der Waals surface area contributed by atoms with E-state index in [1.165, 1.54) is 22.8 Å². The van der Waals surface area contributed by atoms with Crippen molar-refractivity contribution in [1.82, 2.24) is 19.6 Å². The number of fused-ring (bicyclic) bond motifs is 1. The van der Waals surface area contributed by atoms with Gasteiger partial charge in [-0.2, -0.15) is 13.4 Å². The number of aromatic nitrogens is 4. The van der Waals surface area contributed by atoms with E-state index in [1.54, 1.807) is 18.3 Å². The molecule has 0 saturated heterocycles. The Labute approximate surface area is 119 Å². The van der Waals surface area contributed by atoms with Gasteiger partial charge in [0, 0.05) is 5.56 Å². The van der Waals surface area contributed by atoms with E-state index in [9.17, 15) is 13.2 Å². The van der Waals surface area contributed by atoms with E-state index in [0.29, 0.717) is 11.3 Å². The summed E-state index contributed by atoms with van der Waals surface area (Å²) >= 11 is 0. The van der Waals surface area contributed by atoms with Crippen LogP contribution in [0.15, 0.2) is 41.5 Å². The first-order valence-electron chi connectivity index (χ1n) is 5.85. The Kier molecular flexibility index (Phi) is 2.98. The second-order valence-corrected chi connectivity index (χ2v) is 5.92. The first-order chi connectivity index (χ1) is 9.90. The minimum Gasteiger partial charge on any atom is -0.383 e. The summed E-state index contributed by atoms with van der Waals surface area (Å²) in [4.78, 5) is 19.0. The summed E-state index contributed by atoms with van der Waals surface area (Å²) < 4.78 is 28.3. The van der Waals surface area contributed by atoms with Crippen molar-refractivity contribution in [2.24, 2.45) is 0 Å². The molecule has 8 nitrogen and oxygen atoms in total. The number of aromatic amines is 1. The number of imidazole rings is 1. The van der Waals surface area contributed by atoms with E-state index < -0.39 is 15.8 Å². The first-order valence-corrected chi connectivity index (χ1v) is 7.67. The normalized spacial score (nSPS) is 11.7. The van der Waals surface area contributed by atoms with E-state index >= 15 is 0 Å². The highest BCUT2D eigenvalue weighted by atomic mass is 32.2. The molecule has 0 atom stereocenters. The molecule has 2 heterocycles. The molecule has 0 unspecified atom stereocenters. The van der Waals surface area contributed by atoms with Crippen molar-refractivity contribution in [2.75, 3.05) is 6.26 Å². The molecular weight excluding hydrogens is 296 g/mol. The van der Waals surface area contributed by atoms with Gasteiger partial charge < -0.3 is 4.18 Å². The quantitative estimate of drug-likeness (QED) is 0.703. The van der Waals surface area contributed by atoms with Gasteiger partial charge in [0.1, 0.15) is 5.75 Å². The Morgan fingerprint density at radius 3 is 2.62 bits per heavy atom. The van der Waals surface area contributed by atoms with Crippen LogP contribution in [0.4, 0.5) is 0 Å². The summed E-state index contributed by atoms with van der Waals surface area (Å²) in [7, 11) is -3.55. The smallest absolute Gasteiger partial charge is 0.360 e. The van der Waals surface area contributed by atoms with Crippen LogP contribution >= 0.6 is 0 Å². The fourth-order valence-electron chi connectivity index (χ4n) is 1.82. The lowest BCUT2D eigenvalue weighted by molar-refractivity contribution is 0.493. The summed E-state index contributed by atoms with van der Waals surface area (Å²) in [5.74, 6) is 0.222. The molecule has 0 radical (unpaired) electrons. The molecule has 9 heteroatoms. The van der Waals surface area contributed by atoms with Gasteiger partial charge >= 0.3 is 15.8 Å². The predicted molar refractivity (Wildman–Crippen MR) is 74.5 cm³/mol. The number of nitrogens with one attached hydrogen (secondary N) is 1. The lowest BCUT2D eigenvalue weighted by atomic mass is 10.2. The summed E-state index contributed by atoms with van der Waals surface area (Å²) in [5, 5.41) is 2.51. The highest BCUT2D eigenvalue weighted by Gasteiger charge is 2.07. The number of hydrogen-bond acceptors (Lipinski definition) is 6. The van der Waals surface area contributed by atoms with Crippen LogP contribution in [0.25, 0.3) is 16.9 Å². The lowest BCUT2D eigenvalue weighted by Crippen LogP contribution is -2.13. The molecule has 0 spiro atoms. The van der Waals surface area contributed by atoms with Crippen LogP contribution in [-0.4, -0.2) is 34.3 Å². The largest absolute Gasteiger partial charge is 0.383 e. The molecule has 0 saturated carbocycles. The van der Waals surface area contributed by atoms with Crippen LogP contribution in [0.3, 0.4) is 0 Å². The van der Waals surface area contributed by atoms with Crippen molar-refractivity contribution in [3.8, 4) is 17.0 Å². The lowest BCUT2D eigenvalue weighted by Gasteiger charge is -2.03. The van der Waals surface area contributed by atoms with Crippen LogP contribution < -0.4 is 9.87 Å². The Balaban J connectivity index is 1.97. The van der Waals surface area contributed by atoms with Crippen molar-refractivity contribution in [1.29, 1.82) is 0 Å². The summed E-state index contributed by atoms with van der Waals surface area (Å²) in [6.45, 7) is 0. The monoisotopic (exact) mass is 306 g/mol. The number of benzene rings is 1. The first kappa shape index (κ1) is 13.3. The average molecular weight is 306 g/mol. The van der Waals surface area contributed by atoms with Crippen molar-refractivity contribution >= 4 is 15.8 Å². The van der Waals surface area contributed by atoms with Crippen molar-refractivity contribution < 1.29 is 12.6 Å². The van der Waals surface area contributed by atoms with Crippen LogP contribution in [-0.2, 0) is 10.1 Å². The van der Waals surface area contributed by atoms with E-state index in [-0.39, 0.29) is 5.75 Å². The molecule has 1 N–H and O–H groups in total. The van der Waals surface area contributed by atoms with Gasteiger partial charge in [0.2, 0.25) is 0 Å². The zero-order valence-electron chi connectivity index (χ0n) is 10.8. The maximum atomic E-state index is 11.1. The molecule has 108 valence electrons. The van der Waals surface area contributed by atoms with E-state index in [4.69, 9.17) is 4.18 Å². The van der Waals surface area contributed by atoms with Crippen molar-refractivity contribution in [2.45, 2.75) is 0 Å². The Hall–Kier alpha value is -2.68. The highest BCUT2D eigenvalue weighted by Crippen LogP contribution is 2.22. The molecule has 0 fully saturated rings. The zero-order valence-corrected chi connectivity index (χ0v) is 11.7. The molecule has 0 aliphatic rings. The third-order valence-corrected chi connectivity index (χ3v) is 3.14. The van der Waals surface area contributed by atoms with Gasteiger partial charge in [-0.1, -0.05) is 0 Å². The van der Waals surface area contributed by atoms with E-state index in [2.05, 4.69) is 15.1 Å². The third kappa shape index (κ3) is 2.92. The number of nitrogens with zero attached hydrogens (tertiary/aromatic N) is 3. The minimum atomic E-state index is -3.55. The van der Waals surface area contributed by atoms with Crippen LogP contribution in [0.5, 0.6) is 5.75 Å². The van der Waals surface area contributed by atoms with Gasteiger partial charge in [-0.15, -0.1) is 0 Å². The standard InChI is InChI=1S/C12H10N4O4S/c1-21(18,19)20-9-4-2-8(3-5-9)10-7-16-11(14-10)6-13-12(17)15-16/h2-7H,1H3,(H,15,17). The van der Waals surface area contributed by atoms with Gasteiger partial charge in [0.05, 0.1) is 24.3 Å². The minimum absolute atomic E-state index is 0.222. The van der Waals surface area contributed by atoms with Gasteiger partial charge in [0.15, 0.2) is 5.65 Å². The fourth-order valence-corrected chi connectivity index (χ4v) is 2.28. The maximum absolute atomic E-state index is 11.1. The molecule has 0 amide bonds. The van der Waals surface area contributed by atoms with Gasteiger partial charge in [-0.25, -0.2) is 19.4 Å². The van der Waals surface area contributed by atoms with Crippen molar-refractivity contribution in [3.05, 3.63) is 47.1 Å². The van der Waals surface area contributed by atoms with E-state index in [1.807, 2.05) is 0 Å². The van der Waals surface area contributed by atoms with Gasteiger partial charge in [0.25, 0.3) is 0 Å². The molecule has 21 heavy (non-hydrogen) atoms. The van der Waals surface area contributed by atoms with Gasteiger partial charge in [-0.05, 0) is 24.3 Å². The van der Waals surface area contributed by atoms with Crippen LogP contribution in [0.2, 0.25) is 0 Å². The Morgan fingerprint density at radius 1 is 1.24 bits per heavy atom. The Morgan fingerprint density at radius 2 is 1.95 bits per heavy atom. The molecule has 0 aliphatic carbocycles. The summed E-state index contributed by atoms with van der Waals surface area (Å²) in [6, 6.07) is 6.41. The Bertz CT molecular complexity index is 957. The fraction of sp³-hybridized carbons (Fsp3) is 0.0833. The van der Waals surface area contributed by atoms with Crippen LogP contribution in [0, 0.1) is 0 Å². The number of H-pyrrole nitrogens is 1. The van der Waals surface area contributed by atoms with Gasteiger partial charge in [-0.3, -0.25) is 0 Å².